The molecule has 0 N–H and O–H groups in total. The highest BCUT2D eigenvalue weighted by molar-refractivity contribution is 5.90. The normalized spacial score (nSPS) is 8.59. The topological polar surface area (TPSA) is 88.1 Å². The molecule has 0 radical (unpaired) electrons. The van der Waals surface area contributed by atoms with Crippen LogP contribution in [0.25, 0.3) is 0 Å². The molecule has 0 unspecified atom stereocenters. The van der Waals surface area contributed by atoms with Gasteiger partial charge in [0.15, 0.2) is 0 Å². The van der Waals surface area contributed by atoms with Crippen molar-refractivity contribution in [1.82, 2.24) is 0 Å². The second-order valence-electron chi connectivity index (χ2n) is 4.45. The van der Waals surface area contributed by atoms with Gasteiger partial charge in [-0.1, -0.05) is 38.1 Å². The van der Waals surface area contributed by atoms with Gasteiger partial charge in [0.2, 0.25) is 6.79 Å². The van der Waals surface area contributed by atoms with Crippen molar-refractivity contribution >= 4 is 18.4 Å². The lowest BCUT2D eigenvalue weighted by Gasteiger charge is -2.05. The Morgan fingerprint density at radius 3 is 2.15 bits per heavy atom. The number of benzene rings is 2. The van der Waals surface area contributed by atoms with Crippen LogP contribution in [0, 0.1) is 0 Å². The first-order valence-electron chi connectivity index (χ1n) is 8.16. The third-order valence-corrected chi connectivity index (χ3v) is 2.66. The molecule has 0 aliphatic heterocycles. The molecule has 0 amide bonds. The molecular formula is C20H24O7. The molecule has 7 nitrogen and oxygen atoms in total. The lowest BCUT2D eigenvalue weighted by atomic mass is 10.2. The smallest absolute Gasteiger partial charge is 0.343 e. The minimum Gasteiger partial charge on any atom is -0.497 e. The van der Waals surface area contributed by atoms with Gasteiger partial charge in [-0.15, -0.1) is 0 Å². The zero-order valence-corrected chi connectivity index (χ0v) is 15.8. The van der Waals surface area contributed by atoms with E-state index in [9.17, 15) is 14.4 Å². The van der Waals surface area contributed by atoms with Crippen LogP contribution in [0.5, 0.6) is 11.5 Å². The minimum atomic E-state index is -0.466. The summed E-state index contributed by atoms with van der Waals surface area (Å²) in [4.78, 5) is 31.0. The van der Waals surface area contributed by atoms with Gasteiger partial charge >= 0.3 is 11.9 Å². The number of rotatable bonds is 6. The fraction of sp³-hybridized carbons (Fsp3) is 0.250. The Morgan fingerprint density at radius 2 is 1.59 bits per heavy atom. The predicted octanol–water partition coefficient (Wildman–Crippen LogP) is 3.62. The van der Waals surface area contributed by atoms with E-state index in [-0.39, 0.29) is 19.2 Å². The maximum absolute atomic E-state index is 11.8. The molecule has 0 fully saturated rings. The van der Waals surface area contributed by atoms with E-state index < -0.39 is 5.97 Å². The Morgan fingerprint density at radius 1 is 0.963 bits per heavy atom. The van der Waals surface area contributed by atoms with Crippen LogP contribution in [0.3, 0.4) is 0 Å². The molecular weight excluding hydrogens is 352 g/mol. The number of methoxy groups -OCH3 is 1. The van der Waals surface area contributed by atoms with Crippen LogP contribution in [0.1, 0.15) is 31.1 Å². The Labute approximate surface area is 158 Å². The molecule has 27 heavy (non-hydrogen) atoms. The van der Waals surface area contributed by atoms with Crippen LogP contribution in [-0.2, 0) is 19.1 Å². The summed E-state index contributed by atoms with van der Waals surface area (Å²) in [5.41, 5.74) is 0.523. The lowest BCUT2D eigenvalue weighted by molar-refractivity contribution is -0.157. The first-order valence-corrected chi connectivity index (χ1v) is 8.16. The summed E-state index contributed by atoms with van der Waals surface area (Å²) < 4.78 is 18.5. The molecule has 146 valence electrons. The first-order chi connectivity index (χ1) is 13.1. The van der Waals surface area contributed by atoms with Gasteiger partial charge in [-0.05, 0) is 24.3 Å². The molecule has 0 heterocycles. The molecule has 0 aromatic heterocycles. The summed E-state index contributed by atoms with van der Waals surface area (Å²) in [6.07, 6.45) is 0. The molecule has 0 spiro atoms. The van der Waals surface area contributed by atoms with Gasteiger partial charge in [0.05, 0.1) is 12.7 Å². The van der Waals surface area contributed by atoms with Crippen molar-refractivity contribution in [3.63, 3.8) is 0 Å². The van der Waals surface area contributed by atoms with Crippen molar-refractivity contribution in [2.45, 2.75) is 20.8 Å². The first kappa shape index (κ1) is 23.7. The van der Waals surface area contributed by atoms with E-state index in [1.165, 1.54) is 6.92 Å². The van der Waals surface area contributed by atoms with Crippen LogP contribution in [0.15, 0.2) is 54.6 Å². The van der Waals surface area contributed by atoms with Gasteiger partial charge < -0.3 is 18.9 Å². The second kappa shape index (κ2) is 14.9. The molecule has 0 atom stereocenters. The van der Waals surface area contributed by atoms with Crippen molar-refractivity contribution in [2.75, 3.05) is 13.9 Å². The maximum Gasteiger partial charge on any atom is 0.343 e. The van der Waals surface area contributed by atoms with Crippen LogP contribution in [0.2, 0.25) is 0 Å². The van der Waals surface area contributed by atoms with Gasteiger partial charge in [0.25, 0.3) is 6.47 Å². The Kier molecular flexibility index (Phi) is 13.1. The molecule has 0 aliphatic carbocycles. The maximum atomic E-state index is 11.8. The lowest BCUT2D eigenvalue weighted by Crippen LogP contribution is -2.08. The molecule has 0 saturated heterocycles. The van der Waals surface area contributed by atoms with Crippen LogP contribution in [0.4, 0.5) is 0 Å². The molecule has 0 bridgehead atoms. The van der Waals surface area contributed by atoms with E-state index in [0.717, 1.165) is 0 Å². The van der Waals surface area contributed by atoms with Crippen molar-refractivity contribution in [2.24, 2.45) is 0 Å². The monoisotopic (exact) mass is 376 g/mol. The highest BCUT2D eigenvalue weighted by atomic mass is 16.7. The van der Waals surface area contributed by atoms with Gasteiger partial charge in [-0.25, -0.2) is 4.79 Å². The zero-order valence-electron chi connectivity index (χ0n) is 15.8. The number of esters is 2. The van der Waals surface area contributed by atoms with Crippen molar-refractivity contribution in [3.05, 3.63) is 60.2 Å². The average Bonchev–Trinajstić information content (AvgIpc) is 2.71. The largest absolute Gasteiger partial charge is 0.497 e. The number of carbonyl (C=O) groups is 3. The molecule has 2 aromatic rings. The summed E-state index contributed by atoms with van der Waals surface area (Å²) in [5, 5.41) is 0. The van der Waals surface area contributed by atoms with E-state index in [1.54, 1.807) is 55.6 Å². The average molecular weight is 376 g/mol. The van der Waals surface area contributed by atoms with Crippen molar-refractivity contribution in [1.29, 1.82) is 0 Å². The highest BCUT2D eigenvalue weighted by Crippen LogP contribution is 2.19. The number of hydrogen-bond donors (Lipinski definition) is 0. The van der Waals surface area contributed by atoms with Crippen LogP contribution < -0.4 is 9.47 Å². The summed E-state index contributed by atoms with van der Waals surface area (Å²) in [7, 11) is 1.57. The van der Waals surface area contributed by atoms with Crippen molar-refractivity contribution < 1.29 is 33.3 Å². The zero-order chi connectivity index (χ0) is 20.5. The fourth-order valence-electron chi connectivity index (χ4n) is 1.55. The Bertz CT molecular complexity index is 684. The number of ether oxygens (including phenoxy) is 4. The van der Waals surface area contributed by atoms with Gasteiger partial charge in [-0.3, -0.25) is 9.59 Å². The van der Waals surface area contributed by atoms with Gasteiger partial charge in [0, 0.05) is 13.0 Å². The third-order valence-electron chi connectivity index (χ3n) is 2.66. The van der Waals surface area contributed by atoms with Crippen LogP contribution in [-0.4, -0.2) is 32.3 Å². The second-order valence-corrected chi connectivity index (χ2v) is 4.45. The van der Waals surface area contributed by atoms with E-state index in [1.807, 2.05) is 19.9 Å². The SMILES string of the molecule is CC.CC(=O)OCOC=O.COc1cccc(OC(=O)c2ccccc2)c1. The molecule has 2 aromatic carbocycles. The summed E-state index contributed by atoms with van der Waals surface area (Å²) in [5.74, 6) is 0.285. The Hall–Kier alpha value is -3.35. The quantitative estimate of drug-likeness (QED) is 0.250. The molecule has 2 rings (SSSR count). The number of hydrogen-bond acceptors (Lipinski definition) is 7. The van der Waals surface area contributed by atoms with Gasteiger partial charge in [-0.2, -0.15) is 0 Å². The van der Waals surface area contributed by atoms with E-state index >= 15 is 0 Å². The summed E-state index contributed by atoms with van der Waals surface area (Å²) >= 11 is 0. The van der Waals surface area contributed by atoms with E-state index in [4.69, 9.17) is 9.47 Å². The molecule has 0 aliphatic rings. The predicted molar refractivity (Wildman–Crippen MR) is 99.5 cm³/mol. The number of carbonyl (C=O) groups excluding carboxylic acids is 3. The molecule has 7 heteroatoms. The highest BCUT2D eigenvalue weighted by Gasteiger charge is 2.07. The van der Waals surface area contributed by atoms with E-state index in [2.05, 4.69) is 9.47 Å². The fourth-order valence-corrected chi connectivity index (χ4v) is 1.55. The van der Waals surface area contributed by atoms with Crippen molar-refractivity contribution in [3.8, 4) is 11.5 Å². The van der Waals surface area contributed by atoms with E-state index in [0.29, 0.717) is 17.1 Å². The standard InChI is InChI=1S/C14H12O3.C4H6O4.C2H6/c1-16-12-8-5-9-13(10-12)17-14(15)11-6-3-2-4-7-11;1-4(6)8-3-7-2-5;1-2/h2-10H,1H3;2H,3H2,1H3;1-2H3. The third kappa shape index (κ3) is 11.0. The summed E-state index contributed by atoms with van der Waals surface area (Å²) in [6.45, 7) is 5.15. The molecule has 0 saturated carbocycles. The van der Waals surface area contributed by atoms with Gasteiger partial charge in [0.1, 0.15) is 11.5 Å². The Balaban J connectivity index is 0.000000574. The summed E-state index contributed by atoms with van der Waals surface area (Å²) in [6, 6.07) is 15.8. The van der Waals surface area contributed by atoms with Crippen LogP contribution >= 0.6 is 0 Å². The minimum absolute atomic E-state index is 0.211.